The van der Waals surface area contributed by atoms with Crippen LogP contribution in [0.25, 0.3) is 0 Å². The lowest BCUT2D eigenvalue weighted by Gasteiger charge is -2.15. The first-order valence-corrected chi connectivity index (χ1v) is 8.28. The molecular formula is C19H23N3O5. The summed E-state index contributed by atoms with van der Waals surface area (Å²) < 4.78 is 15.7. The van der Waals surface area contributed by atoms with Crippen LogP contribution in [-0.4, -0.2) is 44.7 Å². The van der Waals surface area contributed by atoms with Gasteiger partial charge in [-0.1, -0.05) is 6.07 Å². The molecule has 27 heavy (non-hydrogen) atoms. The number of nitrogens with one attached hydrogen (secondary N) is 2. The van der Waals surface area contributed by atoms with E-state index >= 15 is 0 Å². The predicted molar refractivity (Wildman–Crippen MR) is 99.2 cm³/mol. The summed E-state index contributed by atoms with van der Waals surface area (Å²) in [5.41, 5.74) is 1.02. The molecule has 1 atom stereocenters. The van der Waals surface area contributed by atoms with E-state index in [-0.39, 0.29) is 24.1 Å². The summed E-state index contributed by atoms with van der Waals surface area (Å²) in [4.78, 5) is 28.7. The first-order valence-electron chi connectivity index (χ1n) is 8.28. The lowest BCUT2D eigenvalue weighted by Crippen LogP contribution is -2.38. The molecule has 144 valence electrons. The molecule has 1 heterocycles. The molecule has 8 nitrogen and oxygen atoms in total. The summed E-state index contributed by atoms with van der Waals surface area (Å²) in [6, 6.07) is 8.24. The molecule has 0 aliphatic heterocycles. The van der Waals surface area contributed by atoms with Gasteiger partial charge in [0.05, 0.1) is 39.6 Å². The van der Waals surface area contributed by atoms with Gasteiger partial charge >= 0.3 is 0 Å². The number of carbonyl (C=O) groups is 2. The van der Waals surface area contributed by atoms with E-state index in [4.69, 9.17) is 14.2 Å². The maximum absolute atomic E-state index is 12.4. The average molecular weight is 373 g/mol. The zero-order valence-electron chi connectivity index (χ0n) is 15.7. The van der Waals surface area contributed by atoms with Crippen molar-refractivity contribution in [3.8, 4) is 17.2 Å². The van der Waals surface area contributed by atoms with Crippen molar-refractivity contribution < 1.29 is 23.8 Å². The topological polar surface area (TPSA) is 98.8 Å². The van der Waals surface area contributed by atoms with Crippen LogP contribution in [0.15, 0.2) is 36.5 Å². The van der Waals surface area contributed by atoms with E-state index in [1.54, 1.807) is 12.3 Å². The van der Waals surface area contributed by atoms with E-state index in [9.17, 15) is 9.59 Å². The highest BCUT2D eigenvalue weighted by atomic mass is 16.5. The van der Waals surface area contributed by atoms with Gasteiger partial charge in [0.1, 0.15) is 0 Å². The van der Waals surface area contributed by atoms with Gasteiger partial charge in [0.15, 0.2) is 11.5 Å². The molecule has 0 bridgehead atoms. The van der Waals surface area contributed by atoms with Crippen LogP contribution < -0.4 is 24.8 Å². The number of nitrogens with zero attached hydrogens (tertiary/aromatic N) is 1. The smallest absolute Gasteiger partial charge is 0.251 e. The molecule has 2 N–H and O–H groups in total. The lowest BCUT2D eigenvalue weighted by molar-refractivity contribution is -0.120. The molecule has 1 unspecified atom stereocenters. The monoisotopic (exact) mass is 373 g/mol. The Morgan fingerprint density at radius 1 is 1.07 bits per heavy atom. The summed E-state index contributed by atoms with van der Waals surface area (Å²) in [7, 11) is 4.41. The molecule has 2 aromatic rings. The molecule has 1 aromatic heterocycles. The zero-order chi connectivity index (χ0) is 19.8. The van der Waals surface area contributed by atoms with Crippen molar-refractivity contribution in [2.45, 2.75) is 13.0 Å². The molecule has 0 saturated carbocycles. The molecule has 0 saturated heterocycles. The summed E-state index contributed by atoms with van der Waals surface area (Å²) >= 11 is 0. The standard InChI is InChI=1S/C19H23N3O5/c1-12(14-7-5-6-8-20-14)22-17(23)11-21-19(24)13-9-15(25-2)18(27-4)16(10-13)26-3/h5-10,12H,11H2,1-4H3,(H,21,24)(H,22,23). The van der Waals surface area contributed by atoms with Crippen LogP contribution in [0.5, 0.6) is 17.2 Å². The summed E-state index contributed by atoms with van der Waals surface area (Å²) in [6.45, 7) is 1.65. The fraction of sp³-hybridized carbons (Fsp3) is 0.316. The highest BCUT2D eigenvalue weighted by molar-refractivity contribution is 5.97. The summed E-state index contributed by atoms with van der Waals surface area (Å²) in [6.07, 6.45) is 1.66. The molecule has 2 amide bonds. The van der Waals surface area contributed by atoms with Crippen molar-refractivity contribution in [2.24, 2.45) is 0 Å². The molecule has 0 fully saturated rings. The van der Waals surface area contributed by atoms with E-state index in [1.807, 2.05) is 19.1 Å². The number of aromatic nitrogens is 1. The van der Waals surface area contributed by atoms with Gasteiger partial charge in [0.25, 0.3) is 5.91 Å². The molecule has 1 aromatic carbocycles. The van der Waals surface area contributed by atoms with Gasteiger partial charge in [-0.2, -0.15) is 0 Å². The molecule has 0 radical (unpaired) electrons. The average Bonchev–Trinajstić information content (AvgIpc) is 2.71. The van der Waals surface area contributed by atoms with Crippen LogP contribution >= 0.6 is 0 Å². The Bertz CT molecular complexity index is 770. The van der Waals surface area contributed by atoms with Gasteiger partial charge < -0.3 is 24.8 Å². The van der Waals surface area contributed by atoms with Crippen LogP contribution in [0.3, 0.4) is 0 Å². The molecule has 0 aliphatic carbocycles. The normalized spacial score (nSPS) is 11.3. The minimum Gasteiger partial charge on any atom is -0.493 e. The van der Waals surface area contributed by atoms with E-state index in [1.165, 1.54) is 33.5 Å². The van der Waals surface area contributed by atoms with Gasteiger partial charge in [0, 0.05) is 11.8 Å². The van der Waals surface area contributed by atoms with Crippen molar-refractivity contribution in [1.29, 1.82) is 0 Å². The molecular weight excluding hydrogens is 350 g/mol. The lowest BCUT2D eigenvalue weighted by atomic mass is 10.1. The maximum Gasteiger partial charge on any atom is 0.251 e. The van der Waals surface area contributed by atoms with E-state index in [0.717, 1.165) is 5.69 Å². The van der Waals surface area contributed by atoms with Crippen LogP contribution in [0.1, 0.15) is 29.0 Å². The molecule has 0 aliphatic rings. The van der Waals surface area contributed by atoms with Gasteiger partial charge in [-0.05, 0) is 31.2 Å². The minimum atomic E-state index is -0.435. The quantitative estimate of drug-likeness (QED) is 0.731. The van der Waals surface area contributed by atoms with Gasteiger partial charge in [-0.25, -0.2) is 0 Å². The van der Waals surface area contributed by atoms with Crippen LogP contribution in [0, 0.1) is 0 Å². The predicted octanol–water partition coefficient (Wildman–Crippen LogP) is 1.71. The van der Waals surface area contributed by atoms with Crippen LogP contribution in [-0.2, 0) is 4.79 Å². The SMILES string of the molecule is COc1cc(C(=O)NCC(=O)NC(C)c2ccccn2)cc(OC)c1OC. The Labute approximate surface area is 157 Å². The van der Waals surface area contributed by atoms with Gasteiger partial charge in [-0.15, -0.1) is 0 Å². The highest BCUT2D eigenvalue weighted by Gasteiger charge is 2.18. The Hall–Kier alpha value is -3.29. The van der Waals surface area contributed by atoms with Crippen LogP contribution in [0.2, 0.25) is 0 Å². The second-order valence-corrected chi connectivity index (χ2v) is 5.64. The number of ether oxygens (including phenoxy) is 3. The highest BCUT2D eigenvalue weighted by Crippen LogP contribution is 2.38. The number of methoxy groups -OCH3 is 3. The summed E-state index contributed by atoms with van der Waals surface area (Å²) in [5, 5.41) is 5.35. The van der Waals surface area contributed by atoms with Crippen molar-refractivity contribution in [3.63, 3.8) is 0 Å². The minimum absolute atomic E-state index is 0.174. The molecule has 2 rings (SSSR count). The largest absolute Gasteiger partial charge is 0.493 e. The third-order valence-corrected chi connectivity index (χ3v) is 3.85. The van der Waals surface area contributed by atoms with Crippen LogP contribution in [0.4, 0.5) is 0 Å². The number of hydrogen-bond acceptors (Lipinski definition) is 6. The number of amides is 2. The number of carbonyl (C=O) groups excluding carboxylic acids is 2. The third kappa shape index (κ3) is 5.10. The first kappa shape index (κ1) is 20.0. The zero-order valence-corrected chi connectivity index (χ0v) is 15.7. The maximum atomic E-state index is 12.4. The van der Waals surface area contributed by atoms with E-state index < -0.39 is 5.91 Å². The number of pyridine rings is 1. The van der Waals surface area contributed by atoms with Crippen molar-refractivity contribution >= 4 is 11.8 Å². The first-order chi connectivity index (χ1) is 13.0. The van der Waals surface area contributed by atoms with Crippen molar-refractivity contribution in [2.75, 3.05) is 27.9 Å². The third-order valence-electron chi connectivity index (χ3n) is 3.85. The van der Waals surface area contributed by atoms with Gasteiger partial charge in [0.2, 0.25) is 11.7 Å². The number of benzene rings is 1. The van der Waals surface area contributed by atoms with Gasteiger partial charge in [-0.3, -0.25) is 14.6 Å². The second-order valence-electron chi connectivity index (χ2n) is 5.64. The van der Waals surface area contributed by atoms with E-state index in [0.29, 0.717) is 17.2 Å². The Morgan fingerprint density at radius 3 is 2.26 bits per heavy atom. The number of rotatable bonds is 8. The number of hydrogen-bond donors (Lipinski definition) is 2. The Morgan fingerprint density at radius 2 is 1.74 bits per heavy atom. The Kier molecular flexibility index (Phi) is 6.99. The fourth-order valence-corrected chi connectivity index (χ4v) is 2.47. The van der Waals surface area contributed by atoms with E-state index in [2.05, 4.69) is 15.6 Å². The van der Waals surface area contributed by atoms with Crippen molar-refractivity contribution in [3.05, 3.63) is 47.8 Å². The molecule has 8 heteroatoms. The van der Waals surface area contributed by atoms with Crippen molar-refractivity contribution in [1.82, 2.24) is 15.6 Å². The summed E-state index contributed by atoms with van der Waals surface area (Å²) in [5.74, 6) is 0.341. The Balaban J connectivity index is 2.00. The fourth-order valence-electron chi connectivity index (χ4n) is 2.47. The second kappa shape index (κ2) is 9.42. The molecule has 0 spiro atoms.